The van der Waals surface area contributed by atoms with E-state index in [1.807, 2.05) is 6.07 Å². The molecule has 0 radical (unpaired) electrons. The summed E-state index contributed by atoms with van der Waals surface area (Å²) in [6.07, 6.45) is 7.31. The quantitative estimate of drug-likeness (QED) is 0.242. The number of nitrogens with zero attached hydrogens (tertiary/aromatic N) is 3. The SMILES string of the molecule is C=C(/N=C\C(=C/C)C(=O)NO)N1CCC(CNCc2cn(C)c3ccc(OC)cc23)CC1. The van der Waals surface area contributed by atoms with E-state index >= 15 is 0 Å². The van der Waals surface area contributed by atoms with Crippen LogP contribution >= 0.6 is 0 Å². The van der Waals surface area contributed by atoms with E-state index in [-0.39, 0.29) is 0 Å². The lowest BCUT2D eigenvalue weighted by Gasteiger charge is -2.33. The van der Waals surface area contributed by atoms with E-state index in [2.05, 4.69) is 51.7 Å². The summed E-state index contributed by atoms with van der Waals surface area (Å²) in [7, 11) is 3.76. The number of likely N-dealkylation sites (tertiary alicyclic amines) is 1. The average Bonchev–Trinajstić information content (AvgIpc) is 3.14. The van der Waals surface area contributed by atoms with Crippen LogP contribution in [0.2, 0.25) is 0 Å². The van der Waals surface area contributed by atoms with Crippen molar-refractivity contribution in [1.29, 1.82) is 0 Å². The van der Waals surface area contributed by atoms with Crippen LogP contribution in [0.3, 0.4) is 0 Å². The minimum atomic E-state index is -0.585. The Hall–Kier alpha value is -3.10. The number of piperidine rings is 1. The van der Waals surface area contributed by atoms with Gasteiger partial charge in [-0.3, -0.25) is 10.0 Å². The molecule has 0 atom stereocenters. The van der Waals surface area contributed by atoms with Gasteiger partial charge in [0.1, 0.15) is 11.6 Å². The predicted molar refractivity (Wildman–Crippen MR) is 127 cm³/mol. The third-order valence-corrected chi connectivity index (χ3v) is 6.03. The van der Waals surface area contributed by atoms with Crippen molar-refractivity contribution in [3.05, 3.63) is 54.0 Å². The second-order valence-corrected chi connectivity index (χ2v) is 8.07. The van der Waals surface area contributed by atoms with Gasteiger partial charge in [-0.15, -0.1) is 0 Å². The Morgan fingerprint density at radius 3 is 2.78 bits per heavy atom. The number of benzene rings is 1. The number of carbonyl (C=O) groups excluding carboxylic acids is 1. The van der Waals surface area contributed by atoms with Crippen molar-refractivity contribution < 1.29 is 14.7 Å². The van der Waals surface area contributed by atoms with Gasteiger partial charge in [0.05, 0.1) is 12.7 Å². The third-order valence-electron chi connectivity index (χ3n) is 6.03. The molecule has 3 rings (SSSR count). The van der Waals surface area contributed by atoms with Gasteiger partial charge in [-0.2, -0.15) is 0 Å². The molecule has 172 valence electrons. The van der Waals surface area contributed by atoms with E-state index in [0.717, 1.165) is 44.8 Å². The fourth-order valence-corrected chi connectivity index (χ4v) is 4.08. The molecule has 0 aliphatic carbocycles. The highest BCUT2D eigenvalue weighted by atomic mass is 16.5. The maximum atomic E-state index is 11.5. The molecule has 0 bridgehead atoms. The molecule has 1 saturated heterocycles. The summed E-state index contributed by atoms with van der Waals surface area (Å²) in [5.74, 6) is 1.52. The average molecular weight is 440 g/mol. The van der Waals surface area contributed by atoms with Crippen LogP contribution < -0.4 is 15.5 Å². The highest BCUT2D eigenvalue weighted by molar-refractivity contribution is 6.11. The lowest BCUT2D eigenvalue weighted by atomic mass is 9.97. The van der Waals surface area contributed by atoms with Crippen LogP contribution in [-0.2, 0) is 18.4 Å². The van der Waals surface area contributed by atoms with Crippen LogP contribution in [0.25, 0.3) is 10.9 Å². The third kappa shape index (κ3) is 5.57. The molecule has 3 N–H and O–H groups in total. The number of hydrogen-bond acceptors (Lipinski definition) is 6. The van der Waals surface area contributed by atoms with Crippen molar-refractivity contribution >= 4 is 23.0 Å². The van der Waals surface area contributed by atoms with Gasteiger partial charge in [-0.25, -0.2) is 10.5 Å². The largest absolute Gasteiger partial charge is 0.497 e. The number of aliphatic imine (C=N–C) groups is 1. The highest BCUT2D eigenvalue weighted by Gasteiger charge is 2.20. The number of nitrogens with one attached hydrogen (secondary N) is 2. The number of aryl methyl sites for hydroxylation is 1. The molecule has 2 heterocycles. The van der Waals surface area contributed by atoms with Gasteiger partial charge < -0.3 is 19.5 Å². The molecule has 1 aromatic carbocycles. The molecule has 0 unspecified atom stereocenters. The van der Waals surface area contributed by atoms with Crippen LogP contribution in [0.1, 0.15) is 25.3 Å². The van der Waals surface area contributed by atoms with E-state index < -0.39 is 5.91 Å². The number of amides is 1. The van der Waals surface area contributed by atoms with Crippen LogP contribution in [-0.4, -0.2) is 53.5 Å². The molecule has 8 heteroatoms. The zero-order chi connectivity index (χ0) is 23.1. The number of carbonyl (C=O) groups is 1. The van der Waals surface area contributed by atoms with Gasteiger partial charge in [0, 0.05) is 50.0 Å². The number of ether oxygens (including phenoxy) is 1. The monoisotopic (exact) mass is 439 g/mol. The molecular formula is C24H33N5O3. The predicted octanol–water partition coefficient (Wildman–Crippen LogP) is 2.98. The van der Waals surface area contributed by atoms with Crippen molar-refractivity contribution in [3.8, 4) is 5.75 Å². The zero-order valence-corrected chi connectivity index (χ0v) is 19.1. The number of aromatic nitrogens is 1. The van der Waals surface area contributed by atoms with Crippen molar-refractivity contribution in [2.24, 2.45) is 18.0 Å². The highest BCUT2D eigenvalue weighted by Crippen LogP contribution is 2.26. The normalized spacial score (nSPS) is 15.5. The summed E-state index contributed by atoms with van der Waals surface area (Å²) < 4.78 is 7.54. The molecule has 8 nitrogen and oxygen atoms in total. The molecule has 0 spiro atoms. The Kier molecular flexibility index (Phi) is 8.08. The second kappa shape index (κ2) is 11.0. The molecule has 1 aromatic heterocycles. The van der Waals surface area contributed by atoms with Crippen molar-refractivity contribution in [2.45, 2.75) is 26.3 Å². The second-order valence-electron chi connectivity index (χ2n) is 8.07. The number of rotatable bonds is 9. The molecule has 0 saturated carbocycles. The number of fused-ring (bicyclic) bond motifs is 1. The molecule has 1 aliphatic heterocycles. The first-order chi connectivity index (χ1) is 15.5. The first-order valence-electron chi connectivity index (χ1n) is 10.9. The van der Waals surface area contributed by atoms with E-state index in [1.165, 1.54) is 22.7 Å². The Labute approximate surface area is 189 Å². The van der Waals surface area contributed by atoms with E-state index in [9.17, 15) is 4.79 Å². The van der Waals surface area contributed by atoms with E-state index in [0.29, 0.717) is 17.3 Å². The Bertz CT molecular complexity index is 1020. The number of hydrogen-bond donors (Lipinski definition) is 3. The number of hydroxylamine groups is 1. The summed E-state index contributed by atoms with van der Waals surface area (Å²) in [5, 5.41) is 13.6. The molecule has 1 aliphatic rings. The van der Waals surface area contributed by atoms with Crippen LogP contribution in [0, 0.1) is 5.92 Å². The summed E-state index contributed by atoms with van der Waals surface area (Å²) in [5.41, 5.74) is 4.38. The van der Waals surface area contributed by atoms with Gasteiger partial charge in [0.2, 0.25) is 0 Å². The minimum absolute atomic E-state index is 0.291. The van der Waals surface area contributed by atoms with Crippen molar-refractivity contribution in [2.75, 3.05) is 26.7 Å². The zero-order valence-electron chi connectivity index (χ0n) is 19.1. The van der Waals surface area contributed by atoms with Gasteiger partial charge in [-0.1, -0.05) is 12.7 Å². The maximum absolute atomic E-state index is 11.5. The standard InChI is InChI=1S/C24H33N5O3/c1-5-19(24(30)27-31)15-26-17(2)29-10-8-18(9-11-29)13-25-14-20-16-28(3)23-7-6-21(32-4)12-22(20)23/h5-7,12,15-16,18,25,31H,2,8-11,13-14H2,1,3-4H3,(H,27,30)/b19-5+,26-15-. The summed E-state index contributed by atoms with van der Waals surface area (Å²) in [6.45, 7) is 9.28. The molecule has 2 aromatic rings. The fourth-order valence-electron chi connectivity index (χ4n) is 4.08. The van der Waals surface area contributed by atoms with Gasteiger partial charge in [0.15, 0.2) is 0 Å². The Balaban J connectivity index is 1.47. The van der Waals surface area contributed by atoms with Gasteiger partial charge in [-0.05, 0) is 56.0 Å². The maximum Gasteiger partial charge on any atom is 0.275 e. The van der Waals surface area contributed by atoms with Crippen molar-refractivity contribution in [1.82, 2.24) is 20.3 Å². The fraction of sp³-hybridized carbons (Fsp3) is 0.417. The lowest BCUT2D eigenvalue weighted by molar-refractivity contribution is -0.124. The van der Waals surface area contributed by atoms with Crippen molar-refractivity contribution in [3.63, 3.8) is 0 Å². The van der Waals surface area contributed by atoms with Gasteiger partial charge >= 0.3 is 0 Å². The van der Waals surface area contributed by atoms with Crippen LogP contribution in [0.15, 0.2) is 53.4 Å². The number of methoxy groups -OCH3 is 1. The number of allylic oxidation sites excluding steroid dienone is 1. The molecule has 32 heavy (non-hydrogen) atoms. The molecular weight excluding hydrogens is 406 g/mol. The first kappa shape index (κ1) is 23.6. The summed E-state index contributed by atoms with van der Waals surface area (Å²) in [6, 6.07) is 6.18. The van der Waals surface area contributed by atoms with Gasteiger partial charge in [0.25, 0.3) is 5.91 Å². The molecule has 1 amide bonds. The van der Waals surface area contributed by atoms with Crippen LogP contribution in [0.4, 0.5) is 0 Å². The van der Waals surface area contributed by atoms with Crippen LogP contribution in [0.5, 0.6) is 5.75 Å². The smallest absolute Gasteiger partial charge is 0.275 e. The first-order valence-corrected chi connectivity index (χ1v) is 10.9. The summed E-state index contributed by atoms with van der Waals surface area (Å²) >= 11 is 0. The lowest BCUT2D eigenvalue weighted by Crippen LogP contribution is -2.36. The van der Waals surface area contributed by atoms with E-state index in [1.54, 1.807) is 25.6 Å². The summed E-state index contributed by atoms with van der Waals surface area (Å²) in [4.78, 5) is 17.9. The Morgan fingerprint density at radius 1 is 1.38 bits per heavy atom. The Morgan fingerprint density at radius 2 is 2.12 bits per heavy atom. The topological polar surface area (TPSA) is 91.1 Å². The minimum Gasteiger partial charge on any atom is -0.497 e. The van der Waals surface area contributed by atoms with E-state index in [4.69, 9.17) is 9.94 Å². The molecule has 1 fully saturated rings.